The van der Waals surface area contributed by atoms with Crippen LogP contribution in [-0.2, 0) is 9.47 Å². The monoisotopic (exact) mass is 394 g/mol. The van der Waals surface area contributed by atoms with Crippen LogP contribution in [0.2, 0.25) is 10.0 Å². The minimum atomic E-state index is -0.922. The molecule has 0 atom stereocenters. The molecule has 6 nitrogen and oxygen atoms in total. The van der Waals surface area contributed by atoms with Gasteiger partial charge in [-0.1, -0.05) is 47.5 Å². The lowest BCUT2D eigenvalue weighted by molar-refractivity contribution is 0.120. The first-order valence-corrected chi connectivity index (χ1v) is 8.07. The number of carbonyl (C=O) groups is 2. The van der Waals surface area contributed by atoms with Crippen molar-refractivity contribution in [1.29, 1.82) is 0 Å². The molecular formula is C18H12Cl2O6. The number of rotatable bonds is 2. The Morgan fingerprint density at radius 1 is 0.731 bits per heavy atom. The lowest BCUT2D eigenvalue weighted by Crippen LogP contribution is -2.10. The van der Waals surface area contributed by atoms with Gasteiger partial charge in [0.1, 0.15) is 0 Å². The van der Waals surface area contributed by atoms with Crippen molar-refractivity contribution in [3.05, 3.63) is 46.4 Å². The summed E-state index contributed by atoms with van der Waals surface area (Å²) in [6, 6.07) is 9.94. The molecule has 0 N–H and O–H groups in total. The Kier molecular flexibility index (Phi) is 5.06. The van der Waals surface area contributed by atoms with Crippen molar-refractivity contribution in [1.82, 2.24) is 0 Å². The van der Waals surface area contributed by atoms with E-state index in [-0.39, 0.29) is 21.5 Å². The van der Waals surface area contributed by atoms with E-state index in [1.54, 1.807) is 36.4 Å². The second-order valence-corrected chi connectivity index (χ2v) is 5.91. The van der Waals surface area contributed by atoms with Crippen LogP contribution in [0.3, 0.4) is 0 Å². The van der Waals surface area contributed by atoms with Crippen molar-refractivity contribution in [2.75, 3.05) is 14.2 Å². The maximum absolute atomic E-state index is 11.7. The smallest absolute Gasteiger partial charge is 0.437 e. The Morgan fingerprint density at radius 2 is 1.12 bits per heavy atom. The van der Waals surface area contributed by atoms with Gasteiger partial charge in [0.15, 0.2) is 11.5 Å². The minimum absolute atomic E-state index is 0.146. The summed E-state index contributed by atoms with van der Waals surface area (Å²) < 4.78 is 19.9. The summed E-state index contributed by atoms with van der Waals surface area (Å²) in [7, 11) is 2.38. The molecule has 0 saturated heterocycles. The molecule has 3 aromatic rings. The average Bonchev–Trinajstić information content (AvgIpc) is 2.66. The fraction of sp³-hybridized carbons (Fsp3) is 0.111. The normalized spacial score (nSPS) is 10.6. The molecule has 134 valence electrons. The zero-order valence-electron chi connectivity index (χ0n) is 13.7. The van der Waals surface area contributed by atoms with Gasteiger partial charge in [-0.05, 0) is 12.1 Å². The summed E-state index contributed by atoms with van der Waals surface area (Å²) in [5, 5.41) is 2.08. The Balaban J connectivity index is 2.49. The maximum Gasteiger partial charge on any atom is 0.513 e. The van der Waals surface area contributed by atoms with Crippen molar-refractivity contribution >= 4 is 57.1 Å². The summed E-state index contributed by atoms with van der Waals surface area (Å²) >= 11 is 12.7. The largest absolute Gasteiger partial charge is 0.513 e. The highest BCUT2D eigenvalue weighted by Gasteiger charge is 2.24. The van der Waals surface area contributed by atoms with Crippen LogP contribution in [0.15, 0.2) is 36.4 Å². The van der Waals surface area contributed by atoms with E-state index in [0.717, 1.165) is 0 Å². The van der Waals surface area contributed by atoms with Gasteiger partial charge < -0.3 is 18.9 Å². The molecule has 0 radical (unpaired) electrons. The van der Waals surface area contributed by atoms with Gasteiger partial charge in [0.2, 0.25) is 0 Å². The second-order valence-electron chi connectivity index (χ2n) is 5.10. The van der Waals surface area contributed by atoms with Crippen molar-refractivity contribution < 1.29 is 28.5 Å². The number of fused-ring (bicyclic) bond motifs is 2. The zero-order valence-corrected chi connectivity index (χ0v) is 15.2. The van der Waals surface area contributed by atoms with Crippen LogP contribution in [0.25, 0.3) is 21.5 Å². The lowest BCUT2D eigenvalue weighted by Gasteiger charge is -2.17. The van der Waals surface area contributed by atoms with E-state index in [2.05, 4.69) is 9.47 Å². The number of benzene rings is 3. The molecular weight excluding hydrogens is 383 g/mol. The van der Waals surface area contributed by atoms with Gasteiger partial charge in [-0.25, -0.2) is 9.59 Å². The number of ether oxygens (including phenoxy) is 4. The lowest BCUT2D eigenvalue weighted by atomic mass is 10.0. The molecule has 3 rings (SSSR count). The molecule has 0 aliphatic heterocycles. The summed E-state index contributed by atoms with van der Waals surface area (Å²) in [6.07, 6.45) is -1.84. The van der Waals surface area contributed by atoms with Crippen LogP contribution in [-0.4, -0.2) is 26.5 Å². The van der Waals surface area contributed by atoms with Crippen LogP contribution >= 0.6 is 23.2 Å². The molecule has 0 spiro atoms. The molecule has 26 heavy (non-hydrogen) atoms. The third-order valence-electron chi connectivity index (χ3n) is 3.68. The molecule has 3 aromatic carbocycles. The maximum atomic E-state index is 11.7. The summed E-state index contributed by atoms with van der Waals surface area (Å²) in [6.45, 7) is 0. The Morgan fingerprint density at radius 3 is 1.46 bits per heavy atom. The van der Waals surface area contributed by atoms with E-state index >= 15 is 0 Å². The van der Waals surface area contributed by atoms with Gasteiger partial charge in [0, 0.05) is 21.5 Å². The van der Waals surface area contributed by atoms with Crippen LogP contribution in [0.4, 0.5) is 9.59 Å². The SMILES string of the molecule is COC(=O)Oc1c2ccccc2c(OC(=O)OC)c2c(Cl)ccc(Cl)c12. The number of halogens is 2. The van der Waals surface area contributed by atoms with Gasteiger partial charge >= 0.3 is 12.3 Å². The van der Waals surface area contributed by atoms with Gasteiger partial charge in [-0.2, -0.15) is 0 Å². The van der Waals surface area contributed by atoms with E-state index in [1.165, 1.54) is 14.2 Å². The van der Waals surface area contributed by atoms with Crippen LogP contribution in [0.5, 0.6) is 11.5 Å². The summed E-state index contributed by atoms with van der Waals surface area (Å²) in [5.74, 6) is 0.291. The molecule has 0 aliphatic rings. The van der Waals surface area contributed by atoms with Gasteiger partial charge in [-0.15, -0.1) is 0 Å². The highest BCUT2D eigenvalue weighted by Crippen LogP contribution is 2.48. The predicted molar refractivity (Wildman–Crippen MR) is 97.5 cm³/mol. The van der Waals surface area contributed by atoms with Crippen molar-refractivity contribution in [2.24, 2.45) is 0 Å². The Labute approximate surface area is 158 Å². The van der Waals surface area contributed by atoms with Crippen molar-refractivity contribution in [3.63, 3.8) is 0 Å². The van der Waals surface area contributed by atoms with E-state index in [4.69, 9.17) is 32.7 Å². The molecule has 0 saturated carbocycles. The number of hydrogen-bond donors (Lipinski definition) is 0. The first kappa shape index (κ1) is 18.1. The fourth-order valence-corrected chi connectivity index (χ4v) is 3.09. The zero-order chi connectivity index (χ0) is 18.8. The minimum Gasteiger partial charge on any atom is -0.437 e. The highest BCUT2D eigenvalue weighted by atomic mass is 35.5. The van der Waals surface area contributed by atoms with E-state index in [0.29, 0.717) is 21.5 Å². The molecule has 0 bridgehead atoms. The van der Waals surface area contributed by atoms with Crippen molar-refractivity contribution in [3.8, 4) is 11.5 Å². The third kappa shape index (κ3) is 3.09. The Hall–Kier alpha value is -2.70. The molecule has 0 aliphatic carbocycles. The predicted octanol–water partition coefficient (Wildman–Crippen LogP) is 5.59. The summed E-state index contributed by atoms with van der Waals surface area (Å²) in [4.78, 5) is 23.5. The first-order valence-electron chi connectivity index (χ1n) is 7.32. The standard InChI is InChI=1S/C18H12Cl2O6/c1-23-17(21)25-15-9-5-3-4-6-10(9)16(26-18(22)24-2)14-12(20)8-7-11(19)13(14)15/h3-8H,1-2H3. The van der Waals surface area contributed by atoms with Gasteiger partial charge in [0.05, 0.1) is 24.3 Å². The van der Waals surface area contributed by atoms with Crippen molar-refractivity contribution in [2.45, 2.75) is 0 Å². The van der Waals surface area contributed by atoms with E-state index in [1.807, 2.05) is 0 Å². The van der Waals surface area contributed by atoms with Crippen LogP contribution < -0.4 is 9.47 Å². The number of methoxy groups -OCH3 is 2. The van der Waals surface area contributed by atoms with Crippen LogP contribution in [0, 0.1) is 0 Å². The van der Waals surface area contributed by atoms with E-state index in [9.17, 15) is 9.59 Å². The number of carbonyl (C=O) groups excluding carboxylic acids is 2. The first-order chi connectivity index (χ1) is 12.5. The summed E-state index contributed by atoms with van der Waals surface area (Å²) in [5.41, 5.74) is 0. The molecule has 8 heteroatoms. The van der Waals surface area contributed by atoms with Gasteiger partial charge in [0.25, 0.3) is 0 Å². The van der Waals surface area contributed by atoms with Crippen LogP contribution in [0.1, 0.15) is 0 Å². The quantitative estimate of drug-likeness (QED) is 0.320. The molecule has 0 amide bonds. The average molecular weight is 395 g/mol. The highest BCUT2D eigenvalue weighted by molar-refractivity contribution is 6.42. The number of hydrogen-bond acceptors (Lipinski definition) is 6. The fourth-order valence-electron chi connectivity index (χ4n) is 2.61. The molecule has 0 aromatic heterocycles. The van der Waals surface area contributed by atoms with E-state index < -0.39 is 12.3 Å². The third-order valence-corrected chi connectivity index (χ3v) is 4.31. The second kappa shape index (κ2) is 7.27. The molecule has 0 fully saturated rings. The Bertz CT molecular complexity index is 949. The molecule has 0 unspecified atom stereocenters. The molecule has 0 heterocycles. The topological polar surface area (TPSA) is 71.1 Å². The van der Waals surface area contributed by atoms with Gasteiger partial charge in [-0.3, -0.25) is 0 Å².